The van der Waals surface area contributed by atoms with Gasteiger partial charge in [0, 0.05) is 24.2 Å². The lowest BCUT2D eigenvalue weighted by Crippen LogP contribution is -2.22. The van der Waals surface area contributed by atoms with Crippen LogP contribution in [-0.2, 0) is 34.7 Å². The van der Waals surface area contributed by atoms with Gasteiger partial charge in [0.25, 0.3) is 0 Å². The third-order valence-corrected chi connectivity index (χ3v) is 8.86. The second kappa shape index (κ2) is 12.1. The molecule has 0 spiro atoms. The first-order valence-electron chi connectivity index (χ1n) is 14.7. The fourth-order valence-electron chi connectivity index (χ4n) is 5.15. The summed E-state index contributed by atoms with van der Waals surface area (Å²) in [4.78, 5) is 0. The summed E-state index contributed by atoms with van der Waals surface area (Å²) in [5, 5.41) is 1.01. The molecule has 0 aliphatic heterocycles. The minimum absolute atomic E-state index is 0.0388. The van der Waals surface area contributed by atoms with Crippen molar-refractivity contribution in [1.82, 2.24) is 0 Å². The molecule has 0 fully saturated rings. The van der Waals surface area contributed by atoms with Crippen molar-refractivity contribution in [1.29, 1.82) is 0 Å². The molecule has 0 radical (unpaired) electrons. The smallest absolute Gasteiger partial charge is 0.326 e. The van der Waals surface area contributed by atoms with Gasteiger partial charge in [0.05, 0.1) is 5.30 Å². The molecule has 224 valence electrons. The molecule has 3 rings (SSSR count). The lowest BCUT2D eigenvalue weighted by molar-refractivity contribution is 0.465. The average Bonchev–Trinajstić information content (AvgIpc) is 2.85. The average molecular weight is 577 g/mol. The van der Waals surface area contributed by atoms with Crippen LogP contribution in [0.3, 0.4) is 0 Å². The molecule has 4 nitrogen and oxygen atoms in total. The molecule has 0 saturated carbocycles. The minimum atomic E-state index is -1.53. The maximum atomic E-state index is 6.97. The molecule has 0 aliphatic rings. The SMILES string of the molecule is CC(C)(C)c1cc(C(C)(C)C)c(OP(Oc2cc(CN)c(C(C)(C)C)cc2C(C)(C)C)c2ccccc2)cc1CN. The van der Waals surface area contributed by atoms with Crippen LogP contribution < -0.4 is 25.8 Å². The van der Waals surface area contributed by atoms with Gasteiger partial charge in [-0.3, -0.25) is 0 Å². The zero-order chi connectivity index (χ0) is 31.0. The number of hydrogen-bond donors (Lipinski definition) is 2. The van der Waals surface area contributed by atoms with Gasteiger partial charge in [-0.25, -0.2) is 0 Å². The molecule has 5 heteroatoms. The van der Waals surface area contributed by atoms with Crippen molar-refractivity contribution in [2.24, 2.45) is 11.5 Å². The second-order valence-corrected chi connectivity index (χ2v) is 16.6. The topological polar surface area (TPSA) is 70.5 Å². The van der Waals surface area contributed by atoms with Crippen molar-refractivity contribution >= 4 is 13.7 Å². The van der Waals surface area contributed by atoms with E-state index < -0.39 is 8.38 Å². The zero-order valence-corrected chi connectivity index (χ0v) is 28.4. The number of hydrogen-bond acceptors (Lipinski definition) is 4. The van der Waals surface area contributed by atoms with Crippen LogP contribution in [0.2, 0.25) is 0 Å². The van der Waals surface area contributed by atoms with E-state index in [0.29, 0.717) is 13.1 Å². The fourth-order valence-corrected chi connectivity index (χ4v) is 6.48. The van der Waals surface area contributed by atoms with Gasteiger partial charge in [-0.15, -0.1) is 0 Å². The van der Waals surface area contributed by atoms with Crippen LogP contribution in [-0.4, -0.2) is 0 Å². The first-order chi connectivity index (χ1) is 18.8. The third-order valence-electron chi connectivity index (χ3n) is 7.41. The summed E-state index contributed by atoms with van der Waals surface area (Å²) in [5.41, 5.74) is 19.2. The summed E-state index contributed by atoms with van der Waals surface area (Å²) in [5.74, 6) is 1.65. The lowest BCUT2D eigenvalue weighted by Gasteiger charge is -2.32. The van der Waals surface area contributed by atoms with Crippen LogP contribution in [0.1, 0.15) is 116 Å². The highest BCUT2D eigenvalue weighted by Gasteiger charge is 2.31. The van der Waals surface area contributed by atoms with Crippen molar-refractivity contribution in [3.05, 3.63) is 88.0 Å². The molecule has 3 aromatic rings. The molecule has 0 atom stereocenters. The Morgan fingerprint density at radius 1 is 0.512 bits per heavy atom. The molecule has 4 N–H and O–H groups in total. The Labute approximate surface area is 251 Å². The maximum Gasteiger partial charge on any atom is 0.326 e. The summed E-state index contributed by atoms with van der Waals surface area (Å²) in [6, 6.07) is 19.1. The monoisotopic (exact) mass is 576 g/mol. The molecular weight excluding hydrogens is 523 g/mol. The highest BCUT2D eigenvalue weighted by Crippen LogP contribution is 2.48. The quantitative estimate of drug-likeness (QED) is 0.276. The number of nitrogens with two attached hydrogens (primary N) is 2. The van der Waals surface area contributed by atoms with Crippen molar-refractivity contribution in [2.75, 3.05) is 0 Å². The van der Waals surface area contributed by atoms with Gasteiger partial charge in [0.2, 0.25) is 0 Å². The zero-order valence-electron chi connectivity index (χ0n) is 27.5. The van der Waals surface area contributed by atoms with Gasteiger partial charge in [-0.2, -0.15) is 0 Å². The van der Waals surface area contributed by atoms with Crippen molar-refractivity contribution < 1.29 is 9.05 Å². The van der Waals surface area contributed by atoms with E-state index in [4.69, 9.17) is 20.5 Å². The van der Waals surface area contributed by atoms with E-state index >= 15 is 0 Å². The normalized spacial score (nSPS) is 13.0. The molecule has 0 aliphatic carbocycles. The third kappa shape index (κ3) is 7.92. The van der Waals surface area contributed by atoms with Crippen LogP contribution in [0.15, 0.2) is 54.6 Å². The minimum Gasteiger partial charge on any atom is -0.435 e. The highest BCUT2D eigenvalue weighted by molar-refractivity contribution is 7.56. The predicted molar refractivity (Wildman–Crippen MR) is 178 cm³/mol. The van der Waals surface area contributed by atoms with E-state index in [2.05, 4.69) is 119 Å². The summed E-state index contributed by atoms with van der Waals surface area (Å²) >= 11 is 0. The fraction of sp³-hybridized carbons (Fsp3) is 0.500. The van der Waals surface area contributed by atoms with Gasteiger partial charge >= 0.3 is 8.38 Å². The van der Waals surface area contributed by atoms with Crippen LogP contribution in [0.25, 0.3) is 0 Å². The van der Waals surface area contributed by atoms with E-state index in [9.17, 15) is 0 Å². The first kappa shape index (κ1) is 33.1. The van der Waals surface area contributed by atoms with Crippen LogP contribution in [0, 0.1) is 0 Å². The predicted octanol–water partition coefficient (Wildman–Crippen LogP) is 8.89. The molecule has 3 aromatic carbocycles. The van der Waals surface area contributed by atoms with Crippen LogP contribution in [0.5, 0.6) is 11.5 Å². The molecule has 0 bridgehead atoms. The standard InChI is InChI=1S/C36H53N2O2P/c1-33(2,3)27-20-29(35(7,8)9)31(18-24(27)22-37)39-41(26-16-14-13-15-17-26)40-32-19-25(23-38)28(34(4,5)6)21-30(32)36(10,11)12/h13-21H,22-23,37-38H2,1-12H3. The highest BCUT2D eigenvalue weighted by atomic mass is 31.2. The van der Waals surface area contributed by atoms with Gasteiger partial charge in [0.15, 0.2) is 0 Å². The maximum absolute atomic E-state index is 6.97. The summed E-state index contributed by atoms with van der Waals surface area (Å²) < 4.78 is 13.9. The first-order valence-corrected chi connectivity index (χ1v) is 15.9. The Hall–Kier alpha value is -2.39. The summed E-state index contributed by atoms with van der Waals surface area (Å²) in [7, 11) is -1.53. The number of benzene rings is 3. The van der Waals surface area contributed by atoms with Gasteiger partial charge < -0.3 is 20.5 Å². The molecule has 0 saturated heterocycles. The van der Waals surface area contributed by atoms with E-state index in [1.165, 1.54) is 11.1 Å². The molecule has 0 amide bonds. The van der Waals surface area contributed by atoms with E-state index in [0.717, 1.165) is 39.1 Å². The van der Waals surface area contributed by atoms with Crippen LogP contribution in [0.4, 0.5) is 0 Å². The van der Waals surface area contributed by atoms with Crippen molar-refractivity contribution in [2.45, 2.75) is 118 Å². The molecular formula is C36H53N2O2P. The van der Waals surface area contributed by atoms with E-state index in [1.54, 1.807) is 0 Å². The summed E-state index contributed by atoms with van der Waals surface area (Å²) in [6.45, 7) is 27.7. The Bertz CT molecular complexity index is 1250. The van der Waals surface area contributed by atoms with Crippen LogP contribution >= 0.6 is 8.38 Å². The molecule has 41 heavy (non-hydrogen) atoms. The van der Waals surface area contributed by atoms with Crippen molar-refractivity contribution in [3.8, 4) is 11.5 Å². The largest absolute Gasteiger partial charge is 0.435 e. The van der Waals surface area contributed by atoms with Gasteiger partial charge in [-0.05, 0) is 68.2 Å². The Morgan fingerprint density at radius 2 is 0.854 bits per heavy atom. The van der Waals surface area contributed by atoms with Crippen molar-refractivity contribution in [3.63, 3.8) is 0 Å². The molecule has 0 heterocycles. The van der Waals surface area contributed by atoms with Gasteiger partial charge in [0.1, 0.15) is 11.5 Å². The second-order valence-electron chi connectivity index (χ2n) is 15.2. The van der Waals surface area contributed by atoms with E-state index in [-0.39, 0.29) is 21.7 Å². The Kier molecular flexibility index (Phi) is 9.75. The molecule has 0 aromatic heterocycles. The van der Waals surface area contributed by atoms with Gasteiger partial charge in [-0.1, -0.05) is 113 Å². The van der Waals surface area contributed by atoms with E-state index in [1.807, 2.05) is 18.2 Å². The Morgan fingerprint density at radius 3 is 1.15 bits per heavy atom. The Balaban J connectivity index is 2.24. The molecule has 0 unspecified atom stereocenters. The lowest BCUT2D eigenvalue weighted by atomic mass is 9.78. The summed E-state index contributed by atoms with van der Waals surface area (Å²) in [6.07, 6.45) is 0. The number of rotatable bonds is 7.